The molecule has 5 rings (SSSR count). The largest absolute Gasteiger partial charge is 0.361 e. The molecular weight excluding hydrogens is 468 g/mol. The van der Waals surface area contributed by atoms with Crippen LogP contribution in [0.2, 0.25) is 0 Å². The number of benzene rings is 1. The number of hydrogen-bond acceptors (Lipinski definition) is 9. The number of carbonyl (C=O) groups is 4. The van der Waals surface area contributed by atoms with Crippen LogP contribution < -0.4 is 10.9 Å². The van der Waals surface area contributed by atoms with Crippen LogP contribution in [0.3, 0.4) is 0 Å². The molecule has 12 heteroatoms. The summed E-state index contributed by atoms with van der Waals surface area (Å²) in [6, 6.07) is 9.49. The summed E-state index contributed by atoms with van der Waals surface area (Å²) in [4.78, 5) is 69.7. The summed E-state index contributed by atoms with van der Waals surface area (Å²) in [6.07, 6.45) is 2.89. The molecular formula is C24H20N6O6. The van der Waals surface area contributed by atoms with Crippen LogP contribution in [0.4, 0.5) is 0 Å². The zero-order chi connectivity index (χ0) is 25.4. The lowest BCUT2D eigenvalue weighted by molar-refractivity contribution is -0.150. The average Bonchev–Trinajstić information content (AvgIpc) is 3.44. The minimum atomic E-state index is -1.03. The molecule has 0 bridgehead atoms. The Morgan fingerprint density at radius 3 is 2.64 bits per heavy atom. The zero-order valence-electron chi connectivity index (χ0n) is 19.1. The van der Waals surface area contributed by atoms with E-state index in [1.807, 2.05) is 24.3 Å². The second kappa shape index (κ2) is 9.06. The van der Waals surface area contributed by atoms with Gasteiger partial charge in [0.25, 0.3) is 11.8 Å². The molecule has 0 spiro atoms. The molecule has 4 heterocycles. The van der Waals surface area contributed by atoms with Crippen molar-refractivity contribution in [1.82, 2.24) is 30.2 Å². The Labute approximate surface area is 203 Å². The van der Waals surface area contributed by atoms with Crippen molar-refractivity contribution in [3.8, 4) is 22.5 Å². The Morgan fingerprint density at radius 1 is 1.08 bits per heavy atom. The molecule has 0 saturated carbocycles. The van der Waals surface area contributed by atoms with Crippen LogP contribution in [0, 0.1) is 0 Å². The molecule has 12 nitrogen and oxygen atoms in total. The van der Waals surface area contributed by atoms with E-state index in [0.717, 1.165) is 22.1 Å². The minimum absolute atomic E-state index is 0.0423. The van der Waals surface area contributed by atoms with Crippen molar-refractivity contribution in [2.45, 2.75) is 25.4 Å². The molecule has 1 aromatic carbocycles. The van der Waals surface area contributed by atoms with Crippen molar-refractivity contribution in [1.29, 1.82) is 0 Å². The molecule has 2 N–H and O–H groups in total. The van der Waals surface area contributed by atoms with Crippen LogP contribution in [0.5, 0.6) is 0 Å². The van der Waals surface area contributed by atoms with Crippen molar-refractivity contribution in [3.05, 3.63) is 70.6 Å². The van der Waals surface area contributed by atoms with E-state index in [-0.39, 0.29) is 36.5 Å². The summed E-state index contributed by atoms with van der Waals surface area (Å²) in [5.41, 5.74) is 2.23. The lowest BCUT2D eigenvalue weighted by atomic mass is 10.0. The molecule has 4 amide bonds. The first-order valence-electron chi connectivity index (χ1n) is 11.1. The summed E-state index contributed by atoms with van der Waals surface area (Å²) < 4.78 is 5.36. The molecule has 2 aromatic heterocycles. The first-order chi connectivity index (χ1) is 17.3. The van der Waals surface area contributed by atoms with Crippen molar-refractivity contribution < 1.29 is 23.7 Å². The molecule has 3 aromatic rings. The fourth-order valence-corrected chi connectivity index (χ4v) is 4.12. The van der Waals surface area contributed by atoms with Crippen LogP contribution >= 0.6 is 0 Å². The predicted octanol–water partition coefficient (Wildman–Crippen LogP) is 0.582. The maximum Gasteiger partial charge on any atom is 0.277 e. The van der Waals surface area contributed by atoms with Gasteiger partial charge in [-0.2, -0.15) is 4.98 Å². The Balaban J connectivity index is 1.29. The SMILES string of the molecule is CN(Cc1nc(-c2cccc(-c3ccc(=O)[nH]c3)c2)no1)C1=CC(=O)N(C2CCC(=O)NC2=O)C1=O. The number of piperidine rings is 1. The molecule has 182 valence electrons. The van der Waals surface area contributed by atoms with Crippen LogP contribution in [0.25, 0.3) is 22.5 Å². The average molecular weight is 488 g/mol. The van der Waals surface area contributed by atoms with Gasteiger partial charge in [0.15, 0.2) is 0 Å². The van der Waals surface area contributed by atoms with Gasteiger partial charge in [-0.15, -0.1) is 0 Å². The molecule has 0 aliphatic carbocycles. The number of aromatic nitrogens is 3. The molecule has 1 saturated heterocycles. The maximum absolute atomic E-state index is 12.9. The van der Waals surface area contributed by atoms with Gasteiger partial charge >= 0.3 is 0 Å². The number of rotatable bonds is 6. The normalized spacial score (nSPS) is 17.9. The van der Waals surface area contributed by atoms with Crippen molar-refractivity contribution >= 4 is 23.6 Å². The van der Waals surface area contributed by atoms with Gasteiger partial charge in [0.1, 0.15) is 11.7 Å². The van der Waals surface area contributed by atoms with Gasteiger partial charge < -0.3 is 14.4 Å². The first-order valence-corrected chi connectivity index (χ1v) is 11.1. The first kappa shape index (κ1) is 22.9. The highest BCUT2D eigenvalue weighted by molar-refractivity contribution is 6.18. The summed E-state index contributed by atoms with van der Waals surface area (Å²) in [5, 5.41) is 6.17. The Kier molecular flexibility index (Phi) is 5.76. The van der Waals surface area contributed by atoms with Gasteiger partial charge in [-0.3, -0.25) is 34.2 Å². The number of aromatic amines is 1. The minimum Gasteiger partial charge on any atom is -0.361 e. The van der Waals surface area contributed by atoms with E-state index in [2.05, 4.69) is 20.4 Å². The van der Waals surface area contributed by atoms with E-state index in [4.69, 9.17) is 4.52 Å². The van der Waals surface area contributed by atoms with Gasteiger partial charge in [-0.1, -0.05) is 23.4 Å². The summed E-state index contributed by atoms with van der Waals surface area (Å²) in [7, 11) is 1.59. The second-order valence-corrected chi connectivity index (χ2v) is 8.40. The molecule has 1 fully saturated rings. The second-order valence-electron chi connectivity index (χ2n) is 8.40. The van der Waals surface area contributed by atoms with Crippen molar-refractivity contribution in [2.24, 2.45) is 0 Å². The fraction of sp³-hybridized carbons (Fsp3) is 0.208. The van der Waals surface area contributed by atoms with Gasteiger partial charge in [-0.05, 0) is 29.7 Å². The summed E-state index contributed by atoms with van der Waals surface area (Å²) in [6.45, 7) is 0.0423. The molecule has 2 aliphatic heterocycles. The van der Waals surface area contributed by atoms with Crippen LogP contribution in [0.1, 0.15) is 18.7 Å². The van der Waals surface area contributed by atoms with Crippen molar-refractivity contribution in [3.63, 3.8) is 0 Å². The fourth-order valence-electron chi connectivity index (χ4n) is 4.12. The van der Waals surface area contributed by atoms with Crippen molar-refractivity contribution in [2.75, 3.05) is 7.05 Å². The van der Waals surface area contributed by atoms with E-state index in [9.17, 15) is 24.0 Å². The van der Waals surface area contributed by atoms with E-state index < -0.39 is 29.7 Å². The van der Waals surface area contributed by atoms with Gasteiger partial charge in [0, 0.05) is 37.4 Å². The maximum atomic E-state index is 12.9. The number of H-pyrrole nitrogens is 1. The molecule has 2 aliphatic rings. The monoisotopic (exact) mass is 488 g/mol. The highest BCUT2D eigenvalue weighted by atomic mass is 16.5. The number of nitrogens with one attached hydrogen (secondary N) is 2. The van der Waals surface area contributed by atoms with Crippen LogP contribution in [-0.2, 0) is 25.7 Å². The zero-order valence-corrected chi connectivity index (χ0v) is 19.1. The molecule has 36 heavy (non-hydrogen) atoms. The van der Waals surface area contributed by atoms with Gasteiger partial charge in [-0.25, -0.2) is 0 Å². The third kappa shape index (κ3) is 4.31. The smallest absolute Gasteiger partial charge is 0.277 e. The quantitative estimate of drug-likeness (QED) is 0.473. The third-order valence-electron chi connectivity index (χ3n) is 5.95. The molecule has 1 atom stereocenters. The van der Waals surface area contributed by atoms with E-state index >= 15 is 0 Å². The number of nitrogens with zero attached hydrogens (tertiary/aromatic N) is 4. The van der Waals surface area contributed by atoms with Crippen LogP contribution in [-0.4, -0.2) is 61.6 Å². The summed E-state index contributed by atoms with van der Waals surface area (Å²) in [5.74, 6) is -1.82. The highest BCUT2D eigenvalue weighted by Gasteiger charge is 2.43. The predicted molar refractivity (Wildman–Crippen MR) is 123 cm³/mol. The lowest BCUT2D eigenvalue weighted by Crippen LogP contribution is -2.54. The number of pyridine rings is 1. The Bertz CT molecular complexity index is 1470. The topological polar surface area (TPSA) is 159 Å². The highest BCUT2D eigenvalue weighted by Crippen LogP contribution is 2.26. The van der Waals surface area contributed by atoms with E-state index in [1.54, 1.807) is 19.3 Å². The molecule has 0 radical (unpaired) electrons. The number of likely N-dealkylation sites (N-methyl/N-ethyl adjacent to an activating group) is 1. The number of carbonyl (C=O) groups excluding carboxylic acids is 4. The van der Waals surface area contributed by atoms with Gasteiger partial charge in [0.2, 0.25) is 29.1 Å². The lowest BCUT2D eigenvalue weighted by Gasteiger charge is -2.29. The molecule has 1 unspecified atom stereocenters. The Hall–Kier alpha value is -4.87. The third-order valence-corrected chi connectivity index (χ3v) is 5.95. The van der Waals surface area contributed by atoms with Crippen LogP contribution in [0.15, 0.2) is 63.7 Å². The number of hydrogen-bond donors (Lipinski definition) is 2. The standard InChI is InChI=1S/C24H20N6O6/c1-29(17-10-21(33)30(24(17)35)16-6-8-19(32)26-23(16)34)12-20-27-22(28-36-20)14-4-2-3-13(9-14)15-5-7-18(31)25-11-15/h2-5,7,9-11,16H,6,8,12H2,1H3,(H,25,31)(H,26,32,34). The summed E-state index contributed by atoms with van der Waals surface area (Å²) >= 11 is 0. The number of imide groups is 2. The van der Waals surface area contributed by atoms with Gasteiger partial charge in [0.05, 0.1) is 6.54 Å². The Morgan fingerprint density at radius 2 is 1.89 bits per heavy atom. The number of amides is 4. The van der Waals surface area contributed by atoms with E-state index in [1.165, 1.54) is 11.0 Å². The van der Waals surface area contributed by atoms with E-state index in [0.29, 0.717) is 11.4 Å².